The zero-order chi connectivity index (χ0) is 18.4. The van der Waals surface area contributed by atoms with Crippen LogP contribution < -0.4 is 15.4 Å². The molecule has 3 aromatic carbocycles. The fraction of sp³-hybridized carbons (Fsp3) is 0.0952. The van der Waals surface area contributed by atoms with Crippen molar-refractivity contribution < 1.29 is 9.53 Å². The van der Waals surface area contributed by atoms with Crippen molar-refractivity contribution in [3.05, 3.63) is 89.4 Å². The molecule has 26 heavy (non-hydrogen) atoms. The van der Waals surface area contributed by atoms with Crippen molar-refractivity contribution >= 4 is 28.9 Å². The van der Waals surface area contributed by atoms with E-state index in [2.05, 4.69) is 10.6 Å². The van der Waals surface area contributed by atoms with Gasteiger partial charge in [-0.05, 0) is 35.9 Å². The number of carbonyl (C=O) groups excluding carboxylic acids is 1. The van der Waals surface area contributed by atoms with Crippen LogP contribution in [0.1, 0.15) is 11.6 Å². The van der Waals surface area contributed by atoms with Crippen LogP contribution in [0.25, 0.3) is 0 Å². The van der Waals surface area contributed by atoms with Crippen LogP contribution in [0.15, 0.2) is 78.9 Å². The number of nitrogens with one attached hydrogen (secondary N) is 2. The summed E-state index contributed by atoms with van der Waals surface area (Å²) >= 11 is 6.15. The summed E-state index contributed by atoms with van der Waals surface area (Å²) in [6.07, 6.45) is 0. The summed E-state index contributed by atoms with van der Waals surface area (Å²) in [5.74, 6) is 0.382. The SMILES string of the molecule is COc1ccc(NC(=O)[C@@H](Nc2ccccc2)c2ccccc2)cc1Cl. The molecule has 3 rings (SSSR count). The number of benzene rings is 3. The fourth-order valence-corrected chi connectivity index (χ4v) is 2.86. The molecular weight excluding hydrogens is 348 g/mol. The van der Waals surface area contributed by atoms with Crippen LogP contribution in [0, 0.1) is 0 Å². The van der Waals surface area contributed by atoms with Crippen LogP contribution in [0.4, 0.5) is 11.4 Å². The van der Waals surface area contributed by atoms with Crippen molar-refractivity contribution in [2.24, 2.45) is 0 Å². The van der Waals surface area contributed by atoms with Gasteiger partial charge in [-0.2, -0.15) is 0 Å². The predicted molar refractivity (Wildman–Crippen MR) is 106 cm³/mol. The van der Waals surface area contributed by atoms with Crippen LogP contribution in [-0.4, -0.2) is 13.0 Å². The summed E-state index contributed by atoms with van der Waals surface area (Å²) in [6.45, 7) is 0. The Bertz CT molecular complexity index is 870. The maximum absolute atomic E-state index is 12.9. The molecule has 0 aliphatic heterocycles. The van der Waals surface area contributed by atoms with Gasteiger partial charge in [-0.15, -0.1) is 0 Å². The molecule has 2 N–H and O–H groups in total. The number of anilines is 2. The molecule has 0 radical (unpaired) electrons. The van der Waals surface area contributed by atoms with E-state index in [1.54, 1.807) is 25.3 Å². The van der Waals surface area contributed by atoms with E-state index >= 15 is 0 Å². The fourth-order valence-electron chi connectivity index (χ4n) is 2.61. The molecule has 0 heterocycles. The number of halogens is 1. The third-order valence-corrected chi connectivity index (χ3v) is 4.19. The molecule has 0 saturated carbocycles. The van der Waals surface area contributed by atoms with Gasteiger partial charge in [0.25, 0.3) is 5.91 Å². The molecule has 0 fully saturated rings. The number of methoxy groups -OCH3 is 1. The Morgan fingerprint density at radius 3 is 2.19 bits per heavy atom. The molecule has 1 atom stereocenters. The van der Waals surface area contributed by atoms with E-state index in [1.165, 1.54) is 0 Å². The summed E-state index contributed by atoms with van der Waals surface area (Å²) in [7, 11) is 1.55. The first kappa shape index (κ1) is 17.8. The van der Waals surface area contributed by atoms with Crippen LogP contribution in [0.2, 0.25) is 5.02 Å². The highest BCUT2D eigenvalue weighted by atomic mass is 35.5. The van der Waals surface area contributed by atoms with Gasteiger partial charge < -0.3 is 15.4 Å². The number of ether oxygens (including phenoxy) is 1. The lowest BCUT2D eigenvalue weighted by atomic mass is 10.1. The molecule has 0 spiro atoms. The normalized spacial score (nSPS) is 11.5. The summed E-state index contributed by atoms with van der Waals surface area (Å²) < 4.78 is 5.14. The van der Waals surface area contributed by atoms with Crippen molar-refractivity contribution in [2.75, 3.05) is 17.7 Å². The van der Waals surface area contributed by atoms with Gasteiger partial charge in [0.05, 0.1) is 12.1 Å². The monoisotopic (exact) mass is 366 g/mol. The number of carbonyl (C=O) groups is 1. The highest BCUT2D eigenvalue weighted by molar-refractivity contribution is 6.32. The second-order valence-corrected chi connectivity index (χ2v) is 6.10. The van der Waals surface area contributed by atoms with E-state index < -0.39 is 6.04 Å². The number of rotatable bonds is 6. The molecule has 0 aromatic heterocycles. The van der Waals surface area contributed by atoms with Gasteiger partial charge in [0.2, 0.25) is 0 Å². The van der Waals surface area contributed by atoms with Crippen molar-refractivity contribution in [1.82, 2.24) is 0 Å². The number of amides is 1. The summed E-state index contributed by atoms with van der Waals surface area (Å²) in [5, 5.41) is 6.64. The lowest BCUT2D eigenvalue weighted by Gasteiger charge is -2.20. The molecule has 0 saturated heterocycles. The minimum atomic E-state index is -0.542. The highest BCUT2D eigenvalue weighted by Crippen LogP contribution is 2.28. The minimum absolute atomic E-state index is 0.179. The Labute approximate surface area is 157 Å². The van der Waals surface area contributed by atoms with Gasteiger partial charge in [0.15, 0.2) is 0 Å². The van der Waals surface area contributed by atoms with Gasteiger partial charge in [0, 0.05) is 11.4 Å². The number of para-hydroxylation sites is 1. The van der Waals surface area contributed by atoms with Crippen molar-refractivity contribution in [1.29, 1.82) is 0 Å². The van der Waals surface area contributed by atoms with Gasteiger partial charge in [0.1, 0.15) is 11.8 Å². The second-order valence-electron chi connectivity index (χ2n) is 5.69. The third kappa shape index (κ3) is 4.35. The molecule has 0 bridgehead atoms. The van der Waals surface area contributed by atoms with Gasteiger partial charge in [-0.3, -0.25) is 4.79 Å². The van der Waals surface area contributed by atoms with E-state index in [-0.39, 0.29) is 5.91 Å². The predicted octanol–water partition coefficient (Wildman–Crippen LogP) is 5.14. The van der Waals surface area contributed by atoms with Crippen LogP contribution >= 0.6 is 11.6 Å². The first-order chi connectivity index (χ1) is 12.7. The molecule has 1 amide bonds. The zero-order valence-electron chi connectivity index (χ0n) is 14.3. The smallest absolute Gasteiger partial charge is 0.251 e. The van der Waals surface area contributed by atoms with E-state index in [1.807, 2.05) is 60.7 Å². The standard InChI is InChI=1S/C21H19ClN2O2/c1-26-19-13-12-17(14-18(19)22)24-21(25)20(15-8-4-2-5-9-15)23-16-10-6-3-7-11-16/h2-14,20,23H,1H3,(H,24,25)/t20-/m0/s1. The molecular formula is C21H19ClN2O2. The van der Waals surface area contributed by atoms with Crippen LogP contribution in [0.5, 0.6) is 5.75 Å². The second kappa shape index (κ2) is 8.41. The van der Waals surface area contributed by atoms with Gasteiger partial charge in [-0.1, -0.05) is 60.1 Å². The molecule has 0 unspecified atom stereocenters. The quantitative estimate of drug-likeness (QED) is 0.635. The lowest BCUT2D eigenvalue weighted by molar-refractivity contribution is -0.117. The maximum Gasteiger partial charge on any atom is 0.251 e. The largest absolute Gasteiger partial charge is 0.495 e. The third-order valence-electron chi connectivity index (χ3n) is 3.90. The summed E-state index contributed by atoms with van der Waals surface area (Å²) in [6, 6.07) is 23.8. The molecule has 132 valence electrons. The minimum Gasteiger partial charge on any atom is -0.495 e. The van der Waals surface area contributed by atoms with Gasteiger partial charge >= 0.3 is 0 Å². The molecule has 3 aromatic rings. The van der Waals surface area contributed by atoms with Crippen molar-refractivity contribution in [3.63, 3.8) is 0 Å². The maximum atomic E-state index is 12.9. The first-order valence-corrected chi connectivity index (χ1v) is 8.56. The van der Waals surface area contributed by atoms with Crippen molar-refractivity contribution in [2.45, 2.75) is 6.04 Å². The Kier molecular flexibility index (Phi) is 5.77. The molecule has 5 heteroatoms. The van der Waals surface area contributed by atoms with Crippen molar-refractivity contribution in [3.8, 4) is 5.75 Å². The average molecular weight is 367 g/mol. The van der Waals surface area contributed by atoms with E-state index in [0.717, 1.165) is 11.3 Å². The lowest BCUT2D eigenvalue weighted by Crippen LogP contribution is -2.27. The van der Waals surface area contributed by atoms with E-state index in [0.29, 0.717) is 16.5 Å². The van der Waals surface area contributed by atoms with E-state index in [4.69, 9.17) is 16.3 Å². The molecule has 0 aliphatic carbocycles. The highest BCUT2D eigenvalue weighted by Gasteiger charge is 2.21. The zero-order valence-corrected chi connectivity index (χ0v) is 15.0. The van der Waals surface area contributed by atoms with Crippen LogP contribution in [-0.2, 0) is 4.79 Å². The van der Waals surface area contributed by atoms with Crippen LogP contribution in [0.3, 0.4) is 0 Å². The Balaban J connectivity index is 1.84. The first-order valence-electron chi connectivity index (χ1n) is 8.18. The van der Waals surface area contributed by atoms with E-state index in [9.17, 15) is 4.79 Å². The van der Waals surface area contributed by atoms with Gasteiger partial charge in [-0.25, -0.2) is 0 Å². The Morgan fingerprint density at radius 2 is 1.58 bits per heavy atom. The molecule has 0 aliphatic rings. The Hall–Kier alpha value is -2.98. The Morgan fingerprint density at radius 1 is 0.923 bits per heavy atom. The topological polar surface area (TPSA) is 50.4 Å². The summed E-state index contributed by atoms with van der Waals surface area (Å²) in [4.78, 5) is 12.9. The average Bonchev–Trinajstić information content (AvgIpc) is 2.68. The number of hydrogen-bond acceptors (Lipinski definition) is 3. The molecule has 4 nitrogen and oxygen atoms in total. The number of hydrogen-bond donors (Lipinski definition) is 2. The summed E-state index contributed by atoms with van der Waals surface area (Å²) in [5.41, 5.74) is 2.34.